The zero-order valence-corrected chi connectivity index (χ0v) is 15.7. The number of rotatable bonds is 8. The third kappa shape index (κ3) is 7.81. The molecule has 1 aromatic rings. The molecule has 9 heteroatoms. The molecule has 0 radical (unpaired) electrons. The van der Waals surface area contributed by atoms with E-state index in [1.165, 1.54) is 13.2 Å². The van der Waals surface area contributed by atoms with Crippen LogP contribution < -0.4 is 20.1 Å². The van der Waals surface area contributed by atoms with Crippen LogP contribution in [-0.4, -0.2) is 52.2 Å². The summed E-state index contributed by atoms with van der Waals surface area (Å²) >= 11 is 0. The van der Waals surface area contributed by atoms with Crippen LogP contribution >= 0.6 is 0 Å². The minimum absolute atomic E-state index is 0.0397. The van der Waals surface area contributed by atoms with Gasteiger partial charge in [-0.25, -0.2) is 0 Å². The third-order valence-electron chi connectivity index (χ3n) is 3.54. The Morgan fingerprint density at radius 3 is 2.35 bits per heavy atom. The molecule has 1 aromatic carbocycles. The first-order valence-electron chi connectivity index (χ1n) is 7.96. The van der Waals surface area contributed by atoms with E-state index < -0.39 is 12.8 Å². The molecule has 148 valence electrons. The molecule has 0 atom stereocenters. The van der Waals surface area contributed by atoms with E-state index in [2.05, 4.69) is 15.6 Å². The van der Waals surface area contributed by atoms with E-state index in [4.69, 9.17) is 14.2 Å². The first-order valence-corrected chi connectivity index (χ1v) is 7.96. The quantitative estimate of drug-likeness (QED) is 0.539. The van der Waals surface area contributed by atoms with Gasteiger partial charge >= 0.3 is 6.18 Å². The van der Waals surface area contributed by atoms with Crippen LogP contribution in [0.5, 0.6) is 11.5 Å². The Morgan fingerprint density at radius 2 is 1.81 bits per heavy atom. The van der Waals surface area contributed by atoms with Crippen LogP contribution in [-0.2, 0) is 11.3 Å². The molecule has 0 aliphatic carbocycles. The van der Waals surface area contributed by atoms with Crippen molar-refractivity contribution in [1.82, 2.24) is 10.6 Å². The Balaban J connectivity index is 2.66. The summed E-state index contributed by atoms with van der Waals surface area (Å²) in [6.45, 7) is 3.47. The highest BCUT2D eigenvalue weighted by Gasteiger charge is 2.29. The number of halogens is 3. The Bertz CT molecular complexity index is 605. The van der Waals surface area contributed by atoms with E-state index in [0.717, 1.165) is 5.56 Å². The zero-order valence-electron chi connectivity index (χ0n) is 15.7. The largest absolute Gasteiger partial charge is 0.493 e. The normalized spacial score (nSPS) is 12.7. The molecule has 0 bridgehead atoms. The smallest absolute Gasteiger partial charge is 0.422 e. The van der Waals surface area contributed by atoms with E-state index in [9.17, 15) is 13.2 Å². The topological polar surface area (TPSA) is 64.1 Å². The Morgan fingerprint density at radius 1 is 1.12 bits per heavy atom. The summed E-state index contributed by atoms with van der Waals surface area (Å²) in [7, 11) is 4.65. The summed E-state index contributed by atoms with van der Waals surface area (Å²) in [5.41, 5.74) is 0.452. The second-order valence-electron chi connectivity index (χ2n) is 6.13. The van der Waals surface area contributed by atoms with Crippen LogP contribution in [0.2, 0.25) is 0 Å². The van der Waals surface area contributed by atoms with E-state index in [1.54, 1.807) is 26.3 Å². The van der Waals surface area contributed by atoms with Crippen molar-refractivity contribution in [2.24, 2.45) is 4.99 Å². The fourth-order valence-corrected chi connectivity index (χ4v) is 1.88. The lowest BCUT2D eigenvalue weighted by Gasteiger charge is -2.24. The minimum Gasteiger partial charge on any atom is -0.493 e. The van der Waals surface area contributed by atoms with Crippen molar-refractivity contribution in [3.05, 3.63) is 23.8 Å². The predicted molar refractivity (Wildman–Crippen MR) is 93.8 cm³/mol. The molecule has 26 heavy (non-hydrogen) atoms. The Labute approximate surface area is 151 Å². The number of guanidine groups is 1. The molecular weight excluding hydrogens is 351 g/mol. The summed E-state index contributed by atoms with van der Waals surface area (Å²) in [4.78, 5) is 4.12. The number of ether oxygens (including phenoxy) is 3. The molecule has 0 aliphatic heterocycles. The highest BCUT2D eigenvalue weighted by molar-refractivity contribution is 5.79. The van der Waals surface area contributed by atoms with Gasteiger partial charge in [-0.3, -0.25) is 4.99 Å². The maximum atomic E-state index is 12.3. The van der Waals surface area contributed by atoms with Crippen LogP contribution in [0.1, 0.15) is 19.4 Å². The molecule has 0 aliphatic rings. The number of aliphatic imine (C=N–C) groups is 1. The summed E-state index contributed by atoms with van der Waals surface area (Å²) in [6, 6.07) is 4.73. The number of hydrogen-bond acceptors (Lipinski definition) is 4. The molecule has 2 N–H and O–H groups in total. The predicted octanol–water partition coefficient (Wildman–Crippen LogP) is 2.73. The zero-order chi connectivity index (χ0) is 19.8. The molecule has 0 spiro atoms. The van der Waals surface area contributed by atoms with Crippen LogP contribution in [0.15, 0.2) is 23.2 Å². The maximum absolute atomic E-state index is 12.3. The van der Waals surface area contributed by atoms with Gasteiger partial charge in [-0.15, -0.1) is 0 Å². The van der Waals surface area contributed by atoms with Gasteiger partial charge in [0.05, 0.1) is 12.7 Å². The molecule has 0 fully saturated rings. The Kier molecular flexibility index (Phi) is 8.01. The average Bonchev–Trinajstić information content (AvgIpc) is 2.59. The second-order valence-corrected chi connectivity index (χ2v) is 6.13. The van der Waals surface area contributed by atoms with Crippen molar-refractivity contribution >= 4 is 5.96 Å². The third-order valence-corrected chi connectivity index (χ3v) is 3.54. The lowest BCUT2D eigenvalue weighted by molar-refractivity contribution is -0.153. The van der Waals surface area contributed by atoms with Crippen molar-refractivity contribution in [1.29, 1.82) is 0 Å². The molecule has 6 nitrogen and oxygen atoms in total. The van der Waals surface area contributed by atoms with Crippen molar-refractivity contribution in [2.75, 3.05) is 34.4 Å². The maximum Gasteiger partial charge on any atom is 0.422 e. The second kappa shape index (κ2) is 9.51. The molecule has 0 saturated heterocycles. The Hall–Kier alpha value is -2.16. The van der Waals surface area contributed by atoms with E-state index in [0.29, 0.717) is 19.0 Å². The molecule has 0 amide bonds. The average molecular weight is 377 g/mol. The standard InChI is InChI=1S/C17H26F3N3O3/c1-16(2,25-5)10-23-15(21-3)22-9-12-6-7-13(14(8-12)24-4)26-11-17(18,19)20/h6-8H,9-11H2,1-5H3,(H2,21,22,23). The number of hydrogen-bond donors (Lipinski definition) is 2. The summed E-state index contributed by atoms with van der Waals surface area (Å²) < 4.78 is 52.0. The van der Waals surface area contributed by atoms with Gasteiger partial charge in [0.25, 0.3) is 0 Å². The van der Waals surface area contributed by atoms with Crippen molar-refractivity contribution in [3.8, 4) is 11.5 Å². The highest BCUT2D eigenvalue weighted by Crippen LogP contribution is 2.29. The number of nitrogens with one attached hydrogen (secondary N) is 2. The van der Waals surface area contributed by atoms with Crippen molar-refractivity contribution in [2.45, 2.75) is 32.2 Å². The molecule has 0 unspecified atom stereocenters. The van der Waals surface area contributed by atoms with Gasteiger partial charge in [0.2, 0.25) is 0 Å². The monoisotopic (exact) mass is 377 g/mol. The van der Waals surface area contributed by atoms with E-state index in [-0.39, 0.29) is 17.1 Å². The van der Waals surface area contributed by atoms with Gasteiger partial charge in [-0.1, -0.05) is 6.07 Å². The van der Waals surface area contributed by atoms with E-state index in [1.807, 2.05) is 13.8 Å². The number of benzene rings is 1. The van der Waals surface area contributed by atoms with Crippen LogP contribution in [0.3, 0.4) is 0 Å². The SMILES string of the molecule is CN=C(NCc1ccc(OCC(F)(F)F)c(OC)c1)NCC(C)(C)OC. The van der Waals surface area contributed by atoms with E-state index >= 15 is 0 Å². The fraction of sp³-hybridized carbons (Fsp3) is 0.588. The fourth-order valence-electron chi connectivity index (χ4n) is 1.88. The van der Waals surface area contributed by atoms with Crippen molar-refractivity contribution in [3.63, 3.8) is 0 Å². The number of methoxy groups -OCH3 is 2. The van der Waals surface area contributed by atoms with Crippen LogP contribution in [0.4, 0.5) is 13.2 Å². The van der Waals surface area contributed by atoms with Gasteiger partial charge in [-0.2, -0.15) is 13.2 Å². The van der Waals surface area contributed by atoms with Gasteiger partial charge < -0.3 is 24.8 Å². The number of alkyl halides is 3. The van der Waals surface area contributed by atoms with Gasteiger partial charge in [-0.05, 0) is 31.5 Å². The van der Waals surface area contributed by atoms with Gasteiger partial charge in [0.15, 0.2) is 24.1 Å². The van der Waals surface area contributed by atoms with Gasteiger partial charge in [0.1, 0.15) is 0 Å². The lowest BCUT2D eigenvalue weighted by atomic mass is 10.1. The van der Waals surface area contributed by atoms with Gasteiger partial charge in [0, 0.05) is 27.2 Å². The molecule has 0 saturated carbocycles. The van der Waals surface area contributed by atoms with Crippen molar-refractivity contribution < 1.29 is 27.4 Å². The summed E-state index contributed by atoms with van der Waals surface area (Å²) in [5, 5.41) is 6.26. The molecule has 0 aromatic heterocycles. The van der Waals surface area contributed by atoms with Crippen LogP contribution in [0, 0.1) is 0 Å². The first-order chi connectivity index (χ1) is 12.1. The molecular formula is C17H26F3N3O3. The molecule has 0 heterocycles. The summed E-state index contributed by atoms with van der Waals surface area (Å²) in [5.74, 6) is 0.849. The number of nitrogens with zero attached hydrogens (tertiary/aromatic N) is 1. The summed E-state index contributed by atoms with van der Waals surface area (Å²) in [6.07, 6.45) is -4.40. The highest BCUT2D eigenvalue weighted by atomic mass is 19.4. The van der Waals surface area contributed by atoms with Crippen LogP contribution in [0.25, 0.3) is 0 Å². The first kappa shape index (κ1) is 21.9. The lowest BCUT2D eigenvalue weighted by Crippen LogP contribution is -2.45. The molecule has 1 rings (SSSR count). The minimum atomic E-state index is -4.40.